The summed E-state index contributed by atoms with van der Waals surface area (Å²) in [5.41, 5.74) is 0.910. The maximum absolute atomic E-state index is 5.77. The fourth-order valence-corrected chi connectivity index (χ4v) is 1.35. The van der Waals surface area contributed by atoms with Gasteiger partial charge in [-0.15, -0.1) is 0 Å². The minimum absolute atomic E-state index is 0.595. The molecule has 0 bridgehead atoms. The molecule has 0 saturated carbocycles. The van der Waals surface area contributed by atoms with Crippen molar-refractivity contribution in [2.24, 2.45) is 0 Å². The third-order valence-electron chi connectivity index (χ3n) is 1.85. The lowest BCUT2D eigenvalue weighted by atomic mass is 10.3. The largest absolute Gasteiger partial charge is 0.256 e. The van der Waals surface area contributed by atoms with Crippen molar-refractivity contribution in [3.63, 3.8) is 0 Å². The summed E-state index contributed by atoms with van der Waals surface area (Å²) in [4.78, 5) is 8.43. The van der Waals surface area contributed by atoms with Gasteiger partial charge in [-0.2, -0.15) is 5.10 Å². The molecule has 0 aliphatic heterocycles. The third-order valence-corrected chi connectivity index (χ3v) is 2.05. The van der Waals surface area contributed by atoms with Gasteiger partial charge in [-0.25, -0.2) is 9.67 Å². The van der Waals surface area contributed by atoms with Gasteiger partial charge in [0, 0.05) is 12.4 Å². The highest BCUT2D eigenvalue weighted by Gasteiger charge is 2.06. The predicted octanol–water partition coefficient (Wildman–Crippen LogP) is 1.88. The Labute approximate surface area is 86.6 Å². The summed E-state index contributed by atoms with van der Waals surface area (Å²) in [5, 5.41) is 4.67. The molecule has 0 amide bonds. The Kier molecular flexibility index (Phi) is 2.45. The van der Waals surface area contributed by atoms with Crippen LogP contribution in [-0.4, -0.2) is 19.7 Å². The van der Waals surface area contributed by atoms with Crippen molar-refractivity contribution in [3.8, 4) is 5.82 Å². The van der Waals surface area contributed by atoms with Crippen molar-refractivity contribution < 1.29 is 0 Å². The first-order valence-electron chi connectivity index (χ1n) is 4.31. The Bertz CT molecular complexity index is 438. The molecule has 0 atom stereocenters. The average Bonchev–Trinajstić information content (AvgIpc) is 2.65. The molecular weight excluding hydrogens is 200 g/mol. The summed E-state index contributed by atoms with van der Waals surface area (Å²) in [7, 11) is 0. The van der Waals surface area contributed by atoms with E-state index in [2.05, 4.69) is 15.1 Å². The zero-order chi connectivity index (χ0) is 9.97. The van der Waals surface area contributed by atoms with Gasteiger partial charge in [0.15, 0.2) is 5.82 Å². The SMILES string of the molecule is CCc1nccnc1-n1cc(Cl)cn1. The molecule has 2 aromatic rings. The predicted molar refractivity (Wildman–Crippen MR) is 53.5 cm³/mol. The van der Waals surface area contributed by atoms with Gasteiger partial charge in [-0.3, -0.25) is 4.98 Å². The summed E-state index contributed by atoms with van der Waals surface area (Å²) < 4.78 is 1.63. The summed E-state index contributed by atoms with van der Waals surface area (Å²) in [6.07, 6.45) is 7.43. The molecule has 0 aliphatic carbocycles. The normalized spacial score (nSPS) is 10.4. The van der Waals surface area contributed by atoms with E-state index in [1.165, 1.54) is 0 Å². The molecule has 2 aromatic heterocycles. The fraction of sp³-hybridized carbons (Fsp3) is 0.222. The zero-order valence-corrected chi connectivity index (χ0v) is 8.44. The first-order chi connectivity index (χ1) is 6.81. The smallest absolute Gasteiger partial charge is 0.175 e. The van der Waals surface area contributed by atoms with E-state index in [-0.39, 0.29) is 0 Å². The minimum atomic E-state index is 0.595. The first kappa shape index (κ1) is 9.15. The fourth-order valence-electron chi connectivity index (χ4n) is 1.22. The van der Waals surface area contributed by atoms with Gasteiger partial charge < -0.3 is 0 Å². The summed E-state index contributed by atoms with van der Waals surface area (Å²) >= 11 is 5.77. The van der Waals surface area contributed by atoms with E-state index in [1.807, 2.05) is 6.92 Å². The Morgan fingerprint density at radius 3 is 2.79 bits per heavy atom. The number of halogens is 1. The Hall–Kier alpha value is -1.42. The number of aromatic nitrogens is 4. The Balaban J connectivity index is 2.50. The molecule has 0 N–H and O–H groups in total. The molecule has 0 fully saturated rings. The van der Waals surface area contributed by atoms with E-state index in [9.17, 15) is 0 Å². The van der Waals surface area contributed by atoms with Gasteiger partial charge in [0.05, 0.1) is 23.1 Å². The molecule has 0 radical (unpaired) electrons. The van der Waals surface area contributed by atoms with Gasteiger partial charge in [0.2, 0.25) is 0 Å². The number of nitrogens with zero attached hydrogens (tertiary/aromatic N) is 4. The molecule has 5 heteroatoms. The maximum Gasteiger partial charge on any atom is 0.175 e. The average molecular weight is 209 g/mol. The minimum Gasteiger partial charge on any atom is -0.256 e. The number of hydrogen-bond acceptors (Lipinski definition) is 3. The quantitative estimate of drug-likeness (QED) is 0.757. The molecule has 0 unspecified atom stereocenters. The monoisotopic (exact) mass is 208 g/mol. The second-order valence-electron chi connectivity index (χ2n) is 2.78. The van der Waals surface area contributed by atoms with Gasteiger partial charge in [0.25, 0.3) is 0 Å². The van der Waals surface area contributed by atoms with Crippen LogP contribution in [0.3, 0.4) is 0 Å². The van der Waals surface area contributed by atoms with Crippen molar-refractivity contribution in [3.05, 3.63) is 35.5 Å². The Morgan fingerprint density at radius 2 is 2.14 bits per heavy atom. The van der Waals surface area contributed by atoms with Crippen LogP contribution >= 0.6 is 11.6 Å². The van der Waals surface area contributed by atoms with Gasteiger partial charge in [0.1, 0.15) is 0 Å². The second kappa shape index (κ2) is 3.75. The van der Waals surface area contributed by atoms with E-state index in [1.54, 1.807) is 29.5 Å². The van der Waals surface area contributed by atoms with Gasteiger partial charge in [-0.05, 0) is 6.42 Å². The summed E-state index contributed by atoms with van der Waals surface area (Å²) in [6.45, 7) is 2.03. The van der Waals surface area contributed by atoms with Crippen molar-refractivity contribution in [2.45, 2.75) is 13.3 Å². The van der Waals surface area contributed by atoms with Crippen molar-refractivity contribution >= 4 is 11.6 Å². The number of rotatable bonds is 2. The lowest BCUT2D eigenvalue weighted by molar-refractivity contribution is 0.808. The van der Waals surface area contributed by atoms with Crippen LogP contribution in [0.25, 0.3) is 5.82 Å². The van der Waals surface area contributed by atoms with E-state index < -0.39 is 0 Å². The van der Waals surface area contributed by atoms with Crippen LogP contribution in [0.5, 0.6) is 0 Å². The molecule has 2 heterocycles. The molecule has 0 saturated heterocycles. The van der Waals surface area contributed by atoms with Crippen LogP contribution in [0.4, 0.5) is 0 Å². The molecule has 0 spiro atoms. The molecule has 2 rings (SSSR count). The van der Waals surface area contributed by atoms with Crippen LogP contribution in [-0.2, 0) is 6.42 Å². The number of hydrogen-bond donors (Lipinski definition) is 0. The van der Waals surface area contributed by atoms with E-state index >= 15 is 0 Å². The highest BCUT2D eigenvalue weighted by atomic mass is 35.5. The van der Waals surface area contributed by atoms with Crippen LogP contribution in [0.2, 0.25) is 5.02 Å². The van der Waals surface area contributed by atoms with Crippen LogP contribution in [0.15, 0.2) is 24.8 Å². The summed E-state index contributed by atoms with van der Waals surface area (Å²) in [5.74, 6) is 0.738. The molecular formula is C9H9ClN4. The second-order valence-corrected chi connectivity index (χ2v) is 3.22. The Morgan fingerprint density at radius 1 is 1.36 bits per heavy atom. The maximum atomic E-state index is 5.77. The third kappa shape index (κ3) is 1.61. The van der Waals surface area contributed by atoms with Crippen LogP contribution < -0.4 is 0 Å². The first-order valence-corrected chi connectivity index (χ1v) is 4.69. The van der Waals surface area contributed by atoms with E-state index in [0.29, 0.717) is 5.02 Å². The van der Waals surface area contributed by atoms with E-state index in [4.69, 9.17) is 11.6 Å². The van der Waals surface area contributed by atoms with Crippen LogP contribution in [0.1, 0.15) is 12.6 Å². The van der Waals surface area contributed by atoms with Gasteiger partial charge in [-0.1, -0.05) is 18.5 Å². The van der Waals surface area contributed by atoms with Crippen molar-refractivity contribution in [2.75, 3.05) is 0 Å². The molecule has 0 aliphatic rings. The van der Waals surface area contributed by atoms with E-state index in [0.717, 1.165) is 17.9 Å². The summed E-state index contributed by atoms with van der Waals surface area (Å²) in [6, 6.07) is 0. The number of aryl methyl sites for hydroxylation is 1. The van der Waals surface area contributed by atoms with Crippen molar-refractivity contribution in [1.82, 2.24) is 19.7 Å². The molecule has 4 nitrogen and oxygen atoms in total. The zero-order valence-electron chi connectivity index (χ0n) is 7.68. The lowest BCUT2D eigenvalue weighted by Crippen LogP contribution is -2.04. The van der Waals surface area contributed by atoms with Crippen molar-refractivity contribution in [1.29, 1.82) is 0 Å². The lowest BCUT2D eigenvalue weighted by Gasteiger charge is -2.03. The topological polar surface area (TPSA) is 43.6 Å². The van der Waals surface area contributed by atoms with Crippen LogP contribution in [0, 0.1) is 0 Å². The van der Waals surface area contributed by atoms with Gasteiger partial charge >= 0.3 is 0 Å². The standard InChI is InChI=1S/C9H9ClN4/c1-2-8-9(12-4-3-11-8)14-6-7(10)5-13-14/h3-6H,2H2,1H3. The molecule has 14 heavy (non-hydrogen) atoms. The molecule has 72 valence electrons. The molecule has 0 aromatic carbocycles. The highest BCUT2D eigenvalue weighted by molar-refractivity contribution is 6.30. The highest BCUT2D eigenvalue weighted by Crippen LogP contribution is 2.12.